The summed E-state index contributed by atoms with van der Waals surface area (Å²) < 4.78 is 28.2. The second-order valence-electron chi connectivity index (χ2n) is 6.41. The lowest BCUT2D eigenvalue weighted by Crippen LogP contribution is -1.83. The SMILES string of the molecule is Fc1cc(F)cc(-c2cc3ccnc(-c4ccc5ccccc5c4)c3s2)c1. The second kappa shape index (κ2) is 6.25. The molecule has 0 aliphatic carbocycles. The van der Waals surface area contributed by atoms with Gasteiger partial charge < -0.3 is 0 Å². The molecule has 1 nitrogen and oxygen atoms in total. The van der Waals surface area contributed by atoms with Crippen LogP contribution in [-0.2, 0) is 0 Å². The first-order valence-electron chi connectivity index (χ1n) is 8.51. The lowest BCUT2D eigenvalue weighted by Gasteiger charge is -2.04. The van der Waals surface area contributed by atoms with Crippen molar-refractivity contribution in [3.05, 3.63) is 90.6 Å². The predicted octanol–water partition coefficient (Wildman–Crippen LogP) is 7.06. The molecule has 0 amide bonds. The van der Waals surface area contributed by atoms with Crippen molar-refractivity contribution in [2.75, 3.05) is 0 Å². The first-order chi connectivity index (χ1) is 13.2. The Balaban J connectivity index is 1.70. The van der Waals surface area contributed by atoms with Crippen LogP contribution in [0.1, 0.15) is 0 Å². The molecule has 0 spiro atoms. The van der Waals surface area contributed by atoms with E-state index in [0.717, 1.165) is 37.7 Å². The Morgan fingerprint density at radius 1 is 0.667 bits per heavy atom. The van der Waals surface area contributed by atoms with Crippen molar-refractivity contribution in [3.8, 4) is 21.7 Å². The summed E-state index contributed by atoms with van der Waals surface area (Å²) >= 11 is 1.50. The van der Waals surface area contributed by atoms with Gasteiger partial charge in [0, 0.05) is 22.7 Å². The molecule has 0 atom stereocenters. The van der Waals surface area contributed by atoms with Crippen LogP contribution >= 0.6 is 11.3 Å². The number of halogens is 2. The van der Waals surface area contributed by atoms with E-state index in [-0.39, 0.29) is 0 Å². The van der Waals surface area contributed by atoms with Crippen LogP contribution in [0, 0.1) is 11.6 Å². The van der Waals surface area contributed by atoms with Crippen LogP contribution in [0.2, 0.25) is 0 Å². The summed E-state index contributed by atoms with van der Waals surface area (Å²) in [4.78, 5) is 5.41. The third-order valence-electron chi connectivity index (χ3n) is 4.60. The molecule has 0 unspecified atom stereocenters. The van der Waals surface area contributed by atoms with Crippen LogP contribution in [0.4, 0.5) is 8.78 Å². The average Bonchev–Trinajstić information content (AvgIpc) is 3.11. The molecule has 0 N–H and O–H groups in total. The highest BCUT2D eigenvalue weighted by atomic mass is 32.1. The first kappa shape index (κ1) is 16.1. The number of nitrogens with zero attached hydrogens (tertiary/aromatic N) is 1. The van der Waals surface area contributed by atoms with Crippen molar-refractivity contribution in [1.29, 1.82) is 0 Å². The molecule has 0 aliphatic heterocycles. The molecule has 0 fully saturated rings. The molecule has 0 radical (unpaired) electrons. The van der Waals surface area contributed by atoms with Crippen molar-refractivity contribution in [2.45, 2.75) is 0 Å². The molecule has 4 heteroatoms. The fourth-order valence-corrected chi connectivity index (χ4v) is 4.50. The molecule has 0 bridgehead atoms. The molecule has 2 heterocycles. The van der Waals surface area contributed by atoms with Gasteiger partial charge in [-0.1, -0.05) is 36.4 Å². The van der Waals surface area contributed by atoms with Crippen LogP contribution in [0.5, 0.6) is 0 Å². The zero-order valence-electron chi connectivity index (χ0n) is 14.1. The molecule has 27 heavy (non-hydrogen) atoms. The van der Waals surface area contributed by atoms with Gasteiger partial charge in [0.05, 0.1) is 10.4 Å². The van der Waals surface area contributed by atoms with Crippen molar-refractivity contribution >= 4 is 32.2 Å². The number of rotatable bonds is 2. The van der Waals surface area contributed by atoms with Gasteiger partial charge in [0.1, 0.15) is 11.6 Å². The monoisotopic (exact) mass is 373 g/mol. The van der Waals surface area contributed by atoms with E-state index in [0.29, 0.717) is 5.56 Å². The molecular weight excluding hydrogens is 360 g/mol. The van der Waals surface area contributed by atoms with Crippen LogP contribution < -0.4 is 0 Å². The van der Waals surface area contributed by atoms with E-state index in [1.165, 1.54) is 28.9 Å². The largest absolute Gasteiger partial charge is 0.255 e. The van der Waals surface area contributed by atoms with Gasteiger partial charge in [0.15, 0.2) is 0 Å². The topological polar surface area (TPSA) is 12.9 Å². The van der Waals surface area contributed by atoms with Crippen molar-refractivity contribution in [1.82, 2.24) is 4.98 Å². The van der Waals surface area contributed by atoms with Crippen LogP contribution in [-0.4, -0.2) is 4.98 Å². The summed E-state index contributed by atoms with van der Waals surface area (Å²) in [6, 6.07) is 21.9. The molecule has 130 valence electrons. The fourth-order valence-electron chi connectivity index (χ4n) is 3.35. The molecule has 5 aromatic rings. The Kier molecular flexibility index (Phi) is 3.73. The van der Waals surface area contributed by atoms with Gasteiger partial charge in [-0.2, -0.15) is 0 Å². The summed E-state index contributed by atoms with van der Waals surface area (Å²) in [5, 5.41) is 3.34. The van der Waals surface area contributed by atoms with E-state index in [4.69, 9.17) is 0 Å². The summed E-state index contributed by atoms with van der Waals surface area (Å²) in [5.74, 6) is -1.15. The Labute approximate surface area is 158 Å². The standard InChI is InChI=1S/C23H13F2NS/c24-19-10-18(11-20(25)13-19)21-12-17-7-8-26-22(23(17)27-21)16-6-5-14-3-1-2-4-15(14)9-16/h1-13H. The number of benzene rings is 3. The number of aromatic nitrogens is 1. The Bertz CT molecular complexity index is 1290. The highest BCUT2D eigenvalue weighted by molar-refractivity contribution is 7.22. The lowest BCUT2D eigenvalue weighted by molar-refractivity contribution is 0.584. The van der Waals surface area contributed by atoms with Gasteiger partial charge in [-0.15, -0.1) is 11.3 Å². The highest BCUT2D eigenvalue weighted by Gasteiger charge is 2.12. The summed E-state index contributed by atoms with van der Waals surface area (Å²) in [7, 11) is 0. The number of hydrogen-bond acceptors (Lipinski definition) is 2. The van der Waals surface area contributed by atoms with Crippen LogP contribution in [0.15, 0.2) is 79.0 Å². The van der Waals surface area contributed by atoms with Crippen LogP contribution in [0.25, 0.3) is 42.6 Å². The molecule has 0 saturated carbocycles. The van der Waals surface area contributed by atoms with E-state index < -0.39 is 11.6 Å². The summed E-state index contributed by atoms with van der Waals surface area (Å²) in [6.07, 6.45) is 1.77. The minimum Gasteiger partial charge on any atom is -0.255 e. The van der Waals surface area contributed by atoms with E-state index in [1.54, 1.807) is 6.20 Å². The van der Waals surface area contributed by atoms with Crippen molar-refractivity contribution in [3.63, 3.8) is 0 Å². The lowest BCUT2D eigenvalue weighted by atomic mass is 10.0. The zero-order chi connectivity index (χ0) is 18.4. The van der Waals surface area contributed by atoms with Crippen molar-refractivity contribution < 1.29 is 8.78 Å². The predicted molar refractivity (Wildman–Crippen MR) is 108 cm³/mol. The van der Waals surface area contributed by atoms with Gasteiger partial charge in [0.2, 0.25) is 0 Å². The van der Waals surface area contributed by atoms with Crippen LogP contribution in [0.3, 0.4) is 0 Å². The molecule has 2 aromatic heterocycles. The van der Waals surface area contributed by atoms with Gasteiger partial charge in [-0.3, -0.25) is 4.98 Å². The summed E-state index contributed by atoms with van der Waals surface area (Å²) in [5.41, 5.74) is 2.45. The second-order valence-corrected chi connectivity index (χ2v) is 7.46. The zero-order valence-corrected chi connectivity index (χ0v) is 14.9. The normalized spacial score (nSPS) is 11.3. The summed E-state index contributed by atoms with van der Waals surface area (Å²) in [6.45, 7) is 0. The quantitative estimate of drug-likeness (QED) is 0.323. The molecule has 0 saturated heterocycles. The number of fused-ring (bicyclic) bond motifs is 2. The highest BCUT2D eigenvalue weighted by Crippen LogP contribution is 2.39. The van der Waals surface area contributed by atoms with E-state index in [9.17, 15) is 8.78 Å². The smallest absolute Gasteiger partial charge is 0.126 e. The number of hydrogen-bond donors (Lipinski definition) is 0. The minimum atomic E-state index is -0.574. The first-order valence-corrected chi connectivity index (χ1v) is 9.33. The molecule has 5 rings (SSSR count). The van der Waals surface area contributed by atoms with Crippen molar-refractivity contribution in [2.24, 2.45) is 0 Å². The van der Waals surface area contributed by atoms with Gasteiger partial charge in [-0.25, -0.2) is 8.78 Å². The minimum absolute atomic E-state index is 0.540. The van der Waals surface area contributed by atoms with Gasteiger partial charge >= 0.3 is 0 Å². The number of pyridine rings is 1. The van der Waals surface area contributed by atoms with E-state index in [1.807, 2.05) is 24.3 Å². The van der Waals surface area contributed by atoms with E-state index in [2.05, 4.69) is 35.3 Å². The molecule has 3 aromatic carbocycles. The van der Waals surface area contributed by atoms with E-state index >= 15 is 0 Å². The van der Waals surface area contributed by atoms with Gasteiger partial charge in [-0.05, 0) is 52.1 Å². The maximum atomic E-state index is 13.6. The third-order valence-corrected chi connectivity index (χ3v) is 5.81. The third kappa shape index (κ3) is 2.88. The number of thiophene rings is 1. The maximum Gasteiger partial charge on any atom is 0.126 e. The molecule has 0 aliphatic rings. The van der Waals surface area contributed by atoms with Gasteiger partial charge in [0.25, 0.3) is 0 Å². The fraction of sp³-hybridized carbons (Fsp3) is 0. The Morgan fingerprint density at radius 3 is 2.26 bits per heavy atom. The Hall–Kier alpha value is -3.11. The maximum absolute atomic E-state index is 13.6. The molecular formula is C23H13F2NS. The average molecular weight is 373 g/mol. The Morgan fingerprint density at radius 2 is 1.44 bits per heavy atom.